The lowest BCUT2D eigenvalue weighted by molar-refractivity contribution is 1.28. The summed E-state index contributed by atoms with van der Waals surface area (Å²) in [5.74, 6) is 0. The second-order valence-electron chi connectivity index (χ2n) is 21.3. The highest BCUT2D eigenvalue weighted by Gasteiger charge is 2.24. The molecule has 0 unspecified atom stereocenters. The smallest absolute Gasteiger partial charge is 0.0462 e. The molecule has 2 aromatic heterocycles. The highest BCUT2D eigenvalue weighted by Crippen LogP contribution is 2.48. The van der Waals surface area contributed by atoms with Gasteiger partial charge in [-0.1, -0.05) is 194 Å². The van der Waals surface area contributed by atoms with Crippen LogP contribution < -0.4 is 19.6 Å². The van der Waals surface area contributed by atoms with Crippen molar-refractivity contribution in [3.8, 4) is 20.9 Å². The zero-order valence-electron chi connectivity index (χ0n) is 48.2. The average Bonchev–Trinajstić information content (AvgIpc) is 1.91. The Bertz CT molecular complexity index is 4090. The number of nitrogens with zero attached hydrogens (tertiary/aromatic N) is 4. The highest BCUT2D eigenvalue weighted by molar-refractivity contribution is 7.19. The Labute approximate surface area is 524 Å². The number of anilines is 12. The van der Waals surface area contributed by atoms with E-state index in [0.717, 1.165) is 96.1 Å². The van der Waals surface area contributed by atoms with E-state index >= 15 is 0 Å². The Morgan fingerprint density at radius 1 is 0.170 bits per heavy atom. The predicted octanol–water partition coefficient (Wildman–Crippen LogP) is 24.0. The second-order valence-corrected chi connectivity index (χ2v) is 23.5. The summed E-state index contributed by atoms with van der Waals surface area (Å²) in [5.41, 5.74) is 20.0. The molecule has 14 aromatic rings. The zero-order valence-corrected chi connectivity index (χ0v) is 49.9. The maximum atomic E-state index is 2.33. The van der Waals surface area contributed by atoms with Crippen LogP contribution in [0.2, 0.25) is 0 Å². The number of hydrogen-bond donors (Lipinski definition) is 0. The summed E-state index contributed by atoms with van der Waals surface area (Å²) in [7, 11) is 0. The van der Waals surface area contributed by atoms with Crippen molar-refractivity contribution in [1.29, 1.82) is 0 Å². The molecule has 6 heteroatoms. The van der Waals surface area contributed by atoms with Gasteiger partial charge in [0.15, 0.2) is 0 Å². The molecule has 0 saturated heterocycles. The van der Waals surface area contributed by atoms with Crippen molar-refractivity contribution < 1.29 is 0 Å². The van der Waals surface area contributed by atoms with E-state index in [2.05, 4.69) is 384 Å². The summed E-state index contributed by atoms with van der Waals surface area (Å²) >= 11 is 3.68. The molecular weight excluding hydrogens is 1110 g/mol. The molecule has 0 amide bonds. The van der Waals surface area contributed by atoms with Gasteiger partial charge in [-0.25, -0.2) is 0 Å². The molecule has 14 rings (SSSR count). The maximum absolute atomic E-state index is 2.33. The van der Waals surface area contributed by atoms with Gasteiger partial charge < -0.3 is 19.6 Å². The Kier molecular flexibility index (Phi) is 16.0. The third-order valence-corrected chi connectivity index (χ3v) is 18.0. The predicted molar refractivity (Wildman–Crippen MR) is 376 cm³/mol. The van der Waals surface area contributed by atoms with E-state index in [1.54, 1.807) is 0 Å². The third-order valence-electron chi connectivity index (χ3n) is 15.7. The van der Waals surface area contributed by atoms with Crippen molar-refractivity contribution in [2.75, 3.05) is 19.6 Å². The van der Waals surface area contributed by atoms with Crippen LogP contribution in [0.3, 0.4) is 0 Å². The summed E-state index contributed by atoms with van der Waals surface area (Å²) in [6.45, 7) is 0. The summed E-state index contributed by atoms with van der Waals surface area (Å²) in [5, 5.41) is 0. The Balaban J connectivity index is 0.928. The van der Waals surface area contributed by atoms with Gasteiger partial charge in [0.1, 0.15) is 0 Å². The van der Waals surface area contributed by atoms with Crippen LogP contribution in [-0.2, 0) is 0 Å². The SMILES string of the molecule is c1ccc(N(c2ccccc2)c2ccc(C(=C(c3ccc(-c4ccc(N(c5ccccc5)c5ccccc5)cc4)s3)c3ccc(-c4ccc(N(c5ccccc5)c5ccccc5)cc4)s3)c3ccc(N(c4ccccc4)c4ccccc4)cc3)cc2)cc1. The van der Waals surface area contributed by atoms with Gasteiger partial charge in [-0.3, -0.25) is 0 Å². The first-order valence-corrected chi connectivity index (χ1v) is 31.3. The minimum absolute atomic E-state index is 1.07. The highest BCUT2D eigenvalue weighted by atomic mass is 32.1. The van der Waals surface area contributed by atoms with E-state index in [-0.39, 0.29) is 0 Å². The van der Waals surface area contributed by atoms with E-state index in [9.17, 15) is 0 Å². The molecule has 0 bridgehead atoms. The molecule has 420 valence electrons. The minimum atomic E-state index is 1.07. The molecular formula is C82H60N4S2. The van der Waals surface area contributed by atoms with Gasteiger partial charge >= 0.3 is 0 Å². The molecule has 0 aliphatic heterocycles. The first-order chi connectivity index (χ1) is 43.7. The Hall–Kier alpha value is -11.0. The lowest BCUT2D eigenvalue weighted by atomic mass is 9.91. The zero-order chi connectivity index (χ0) is 58.9. The van der Waals surface area contributed by atoms with E-state index < -0.39 is 0 Å². The van der Waals surface area contributed by atoms with Gasteiger partial charge in [0.2, 0.25) is 0 Å². The molecule has 0 saturated carbocycles. The normalized spacial score (nSPS) is 11.0. The quantitative estimate of drug-likeness (QED) is 0.0849. The molecule has 0 fully saturated rings. The van der Waals surface area contributed by atoms with Gasteiger partial charge in [-0.15, -0.1) is 22.7 Å². The average molecular weight is 1170 g/mol. The number of hydrogen-bond acceptors (Lipinski definition) is 6. The number of para-hydroxylation sites is 8. The molecule has 2 heterocycles. The van der Waals surface area contributed by atoms with E-state index in [1.807, 2.05) is 22.7 Å². The molecule has 12 aromatic carbocycles. The van der Waals surface area contributed by atoms with Crippen LogP contribution in [0.5, 0.6) is 0 Å². The number of rotatable bonds is 18. The van der Waals surface area contributed by atoms with Gasteiger partial charge in [-0.05, 0) is 198 Å². The topological polar surface area (TPSA) is 13.0 Å². The van der Waals surface area contributed by atoms with Gasteiger partial charge in [0.25, 0.3) is 0 Å². The van der Waals surface area contributed by atoms with Crippen LogP contribution in [0, 0.1) is 0 Å². The fourth-order valence-electron chi connectivity index (χ4n) is 11.6. The molecule has 4 nitrogen and oxygen atoms in total. The fraction of sp³-hybridized carbons (Fsp3) is 0. The third kappa shape index (κ3) is 11.7. The molecule has 0 aliphatic carbocycles. The van der Waals surface area contributed by atoms with E-state index in [4.69, 9.17) is 0 Å². The molecule has 88 heavy (non-hydrogen) atoms. The van der Waals surface area contributed by atoms with Crippen LogP contribution in [0.15, 0.2) is 364 Å². The minimum Gasteiger partial charge on any atom is -0.311 e. The lowest BCUT2D eigenvalue weighted by Gasteiger charge is -2.26. The second kappa shape index (κ2) is 25.7. The van der Waals surface area contributed by atoms with Crippen LogP contribution in [0.25, 0.3) is 32.0 Å². The molecule has 0 aliphatic rings. The largest absolute Gasteiger partial charge is 0.311 e. The maximum Gasteiger partial charge on any atom is 0.0462 e. The van der Waals surface area contributed by atoms with Crippen molar-refractivity contribution in [2.45, 2.75) is 0 Å². The fourth-order valence-corrected chi connectivity index (χ4v) is 13.8. The number of benzene rings is 12. The van der Waals surface area contributed by atoms with Gasteiger partial charge in [-0.2, -0.15) is 0 Å². The van der Waals surface area contributed by atoms with Gasteiger partial charge in [0, 0.05) is 93.3 Å². The molecule has 0 spiro atoms. The van der Waals surface area contributed by atoms with E-state index in [1.165, 1.54) is 25.1 Å². The van der Waals surface area contributed by atoms with Crippen LogP contribution in [0.4, 0.5) is 68.2 Å². The monoisotopic (exact) mass is 1160 g/mol. The first kappa shape index (κ1) is 54.9. The number of thiophene rings is 2. The Morgan fingerprint density at radius 2 is 0.364 bits per heavy atom. The van der Waals surface area contributed by atoms with Crippen molar-refractivity contribution >= 4 is 102 Å². The molecule has 0 radical (unpaired) electrons. The van der Waals surface area contributed by atoms with Crippen molar-refractivity contribution in [1.82, 2.24) is 0 Å². The van der Waals surface area contributed by atoms with Gasteiger partial charge in [0.05, 0.1) is 0 Å². The first-order valence-electron chi connectivity index (χ1n) is 29.6. The van der Waals surface area contributed by atoms with Crippen molar-refractivity contribution in [2.24, 2.45) is 0 Å². The summed E-state index contributed by atoms with van der Waals surface area (Å²) in [6.07, 6.45) is 0. The Morgan fingerprint density at radius 3 is 0.580 bits per heavy atom. The van der Waals surface area contributed by atoms with Crippen molar-refractivity contribution in [3.05, 3.63) is 385 Å². The summed E-state index contributed by atoms with van der Waals surface area (Å²) in [4.78, 5) is 14.0. The van der Waals surface area contributed by atoms with E-state index in [0.29, 0.717) is 0 Å². The van der Waals surface area contributed by atoms with Crippen LogP contribution in [-0.4, -0.2) is 0 Å². The summed E-state index contributed by atoms with van der Waals surface area (Å²) in [6, 6.07) is 131. The van der Waals surface area contributed by atoms with Crippen LogP contribution in [0.1, 0.15) is 20.9 Å². The molecule has 0 N–H and O–H groups in total. The van der Waals surface area contributed by atoms with Crippen LogP contribution >= 0.6 is 22.7 Å². The van der Waals surface area contributed by atoms with Crippen molar-refractivity contribution in [3.63, 3.8) is 0 Å². The lowest BCUT2D eigenvalue weighted by Crippen LogP contribution is -2.10. The summed E-state index contributed by atoms with van der Waals surface area (Å²) < 4.78 is 0. The standard InChI is InChI=1S/C82H60N4S2/c1-9-25-65(26-10-1)83(66-27-11-2-12-28-66)73-49-41-61(42-50-73)77-57-59-79(87-77)82(80-60-58-78(88-80)62-43-51-74(52-44-62)84(67-29-13-3-14-30-67)68-31-15-4-16-32-68)81(63-45-53-75(54-46-63)85(69-33-17-5-18-34-69)70-35-19-6-20-36-70)64-47-55-76(56-48-64)86(71-37-21-7-22-38-71)72-39-23-8-24-40-72/h1-60H. The molecule has 0 atom stereocenters.